The maximum absolute atomic E-state index is 11.8. The van der Waals surface area contributed by atoms with E-state index in [1.165, 1.54) is 12.7 Å². The fourth-order valence-corrected chi connectivity index (χ4v) is 5.29. The minimum atomic E-state index is -2.90. The van der Waals surface area contributed by atoms with Gasteiger partial charge in [0.2, 0.25) is 0 Å². The fraction of sp³-hybridized carbons (Fsp3) is 1.00. The quantitative estimate of drug-likeness (QED) is 0.849. The van der Waals surface area contributed by atoms with Crippen molar-refractivity contribution in [1.29, 1.82) is 0 Å². The molecule has 112 valence electrons. The molecule has 3 nitrogen and oxygen atoms in total. The monoisotopic (exact) mass is 287 g/mol. The smallest absolute Gasteiger partial charge is 0.150 e. The molecule has 2 rings (SSSR count). The van der Waals surface area contributed by atoms with Crippen molar-refractivity contribution in [2.24, 2.45) is 23.5 Å². The maximum atomic E-state index is 11.8. The van der Waals surface area contributed by atoms with Crippen LogP contribution in [0.3, 0.4) is 0 Å². The standard InChI is InChI=1S/C15H29NO2S/c1-11-7-8-15(16,10-12(11)2)13-5-4-6-14(9-13)19(3,17)18/h11-14H,4-10,16H2,1-3H3. The summed E-state index contributed by atoms with van der Waals surface area (Å²) in [5.41, 5.74) is 6.58. The van der Waals surface area contributed by atoms with Gasteiger partial charge < -0.3 is 5.73 Å². The lowest BCUT2D eigenvalue weighted by Crippen LogP contribution is -2.53. The summed E-state index contributed by atoms with van der Waals surface area (Å²) >= 11 is 0. The van der Waals surface area contributed by atoms with Gasteiger partial charge in [-0.2, -0.15) is 0 Å². The lowest BCUT2D eigenvalue weighted by Gasteiger charge is -2.47. The number of hydrogen-bond donors (Lipinski definition) is 1. The summed E-state index contributed by atoms with van der Waals surface area (Å²) in [6, 6.07) is 0. The van der Waals surface area contributed by atoms with Gasteiger partial charge in [-0.15, -0.1) is 0 Å². The first-order valence-corrected chi connectivity index (χ1v) is 9.65. The summed E-state index contributed by atoms with van der Waals surface area (Å²) in [5, 5.41) is -0.152. The highest BCUT2D eigenvalue weighted by Crippen LogP contribution is 2.44. The number of nitrogens with two attached hydrogens (primary N) is 1. The van der Waals surface area contributed by atoms with Gasteiger partial charge in [0.05, 0.1) is 5.25 Å². The average Bonchev–Trinajstić information content (AvgIpc) is 2.34. The first-order valence-electron chi connectivity index (χ1n) is 7.70. The maximum Gasteiger partial charge on any atom is 0.150 e. The van der Waals surface area contributed by atoms with E-state index >= 15 is 0 Å². The highest BCUT2D eigenvalue weighted by Gasteiger charge is 2.43. The molecule has 5 unspecified atom stereocenters. The molecule has 0 bridgehead atoms. The van der Waals surface area contributed by atoms with Gasteiger partial charge in [0, 0.05) is 11.8 Å². The second kappa shape index (κ2) is 5.36. The van der Waals surface area contributed by atoms with Crippen LogP contribution >= 0.6 is 0 Å². The molecule has 2 fully saturated rings. The van der Waals surface area contributed by atoms with Gasteiger partial charge in [0.1, 0.15) is 9.84 Å². The van der Waals surface area contributed by atoms with E-state index < -0.39 is 9.84 Å². The SMILES string of the molecule is CC1CCC(N)(C2CCCC(S(C)(=O)=O)C2)CC1C. The normalized spacial score (nSPS) is 45.1. The van der Waals surface area contributed by atoms with Crippen molar-refractivity contribution in [3.63, 3.8) is 0 Å². The Balaban J connectivity index is 2.08. The summed E-state index contributed by atoms with van der Waals surface area (Å²) in [4.78, 5) is 0. The molecule has 2 N–H and O–H groups in total. The topological polar surface area (TPSA) is 60.2 Å². The largest absolute Gasteiger partial charge is 0.325 e. The van der Waals surface area contributed by atoms with Gasteiger partial charge in [0.25, 0.3) is 0 Å². The van der Waals surface area contributed by atoms with Crippen LogP contribution in [-0.2, 0) is 9.84 Å². The minimum Gasteiger partial charge on any atom is -0.325 e. The van der Waals surface area contributed by atoms with E-state index in [0.29, 0.717) is 11.8 Å². The number of rotatable bonds is 2. The zero-order valence-corrected chi connectivity index (χ0v) is 13.4. The molecule has 0 heterocycles. The van der Waals surface area contributed by atoms with Crippen molar-refractivity contribution in [1.82, 2.24) is 0 Å². The van der Waals surface area contributed by atoms with Gasteiger partial charge in [0.15, 0.2) is 0 Å². The molecule has 5 atom stereocenters. The Hall–Kier alpha value is -0.0900. The predicted molar refractivity (Wildman–Crippen MR) is 79.7 cm³/mol. The van der Waals surface area contributed by atoms with Gasteiger partial charge >= 0.3 is 0 Å². The van der Waals surface area contributed by atoms with Crippen molar-refractivity contribution in [3.05, 3.63) is 0 Å². The van der Waals surface area contributed by atoms with Crippen LogP contribution < -0.4 is 5.73 Å². The summed E-state index contributed by atoms with van der Waals surface area (Å²) in [5.74, 6) is 1.82. The molecular weight excluding hydrogens is 258 g/mol. The van der Waals surface area contributed by atoms with E-state index in [-0.39, 0.29) is 10.8 Å². The van der Waals surface area contributed by atoms with Crippen LogP contribution in [0.2, 0.25) is 0 Å². The van der Waals surface area contributed by atoms with Crippen LogP contribution in [-0.4, -0.2) is 25.5 Å². The molecule has 0 aromatic carbocycles. The Morgan fingerprint density at radius 1 is 1.11 bits per heavy atom. The lowest BCUT2D eigenvalue weighted by molar-refractivity contribution is 0.0989. The Morgan fingerprint density at radius 2 is 1.79 bits per heavy atom. The molecule has 0 radical (unpaired) electrons. The summed E-state index contributed by atoms with van der Waals surface area (Å²) in [6.45, 7) is 4.60. The van der Waals surface area contributed by atoms with E-state index in [0.717, 1.165) is 44.4 Å². The number of hydrogen-bond acceptors (Lipinski definition) is 3. The Bertz CT molecular complexity index is 420. The van der Waals surface area contributed by atoms with E-state index in [1.807, 2.05) is 0 Å². The zero-order chi connectivity index (χ0) is 14.3. The molecule has 0 aliphatic heterocycles. The van der Waals surface area contributed by atoms with Gasteiger partial charge in [-0.25, -0.2) is 8.42 Å². The molecule has 2 aliphatic rings. The lowest BCUT2D eigenvalue weighted by atomic mass is 9.63. The molecule has 2 saturated carbocycles. The third-order valence-corrected chi connectivity index (χ3v) is 7.42. The van der Waals surface area contributed by atoms with Crippen LogP contribution in [0.15, 0.2) is 0 Å². The first kappa shape index (κ1) is 15.3. The van der Waals surface area contributed by atoms with Crippen molar-refractivity contribution in [3.8, 4) is 0 Å². The second-order valence-corrected chi connectivity index (χ2v) is 9.57. The van der Waals surface area contributed by atoms with Crippen molar-refractivity contribution in [2.75, 3.05) is 6.26 Å². The van der Waals surface area contributed by atoms with E-state index in [1.54, 1.807) is 0 Å². The molecule has 0 spiro atoms. The average molecular weight is 287 g/mol. The summed E-state index contributed by atoms with van der Waals surface area (Å²) in [6.07, 6.45) is 8.46. The van der Waals surface area contributed by atoms with Crippen LogP contribution in [0.4, 0.5) is 0 Å². The highest BCUT2D eigenvalue weighted by atomic mass is 32.2. The van der Waals surface area contributed by atoms with Gasteiger partial charge in [-0.05, 0) is 56.3 Å². The Kier molecular flexibility index (Phi) is 4.32. The molecular formula is C15H29NO2S. The fourth-order valence-electron chi connectivity index (χ4n) is 4.11. The summed E-state index contributed by atoms with van der Waals surface area (Å²) < 4.78 is 23.6. The molecule has 19 heavy (non-hydrogen) atoms. The van der Waals surface area contributed by atoms with Crippen molar-refractivity contribution >= 4 is 9.84 Å². The number of sulfone groups is 1. The van der Waals surface area contributed by atoms with E-state index in [2.05, 4.69) is 13.8 Å². The third-order valence-electron chi connectivity index (χ3n) is 5.78. The molecule has 4 heteroatoms. The minimum absolute atomic E-state index is 0.116. The first-order chi connectivity index (χ1) is 8.72. The van der Waals surface area contributed by atoms with Gasteiger partial charge in [-0.3, -0.25) is 0 Å². The van der Waals surface area contributed by atoms with Crippen molar-refractivity contribution < 1.29 is 8.42 Å². The Labute approximate surface area is 118 Å². The highest BCUT2D eigenvalue weighted by molar-refractivity contribution is 7.91. The van der Waals surface area contributed by atoms with E-state index in [9.17, 15) is 8.42 Å². The molecule has 0 aromatic rings. The predicted octanol–water partition coefficient (Wildman–Crippen LogP) is 2.74. The van der Waals surface area contributed by atoms with Gasteiger partial charge in [-0.1, -0.05) is 20.3 Å². The molecule has 0 saturated heterocycles. The molecule has 2 aliphatic carbocycles. The van der Waals surface area contributed by atoms with E-state index in [4.69, 9.17) is 5.73 Å². The van der Waals surface area contributed by atoms with Crippen LogP contribution in [0.25, 0.3) is 0 Å². The summed E-state index contributed by atoms with van der Waals surface area (Å²) in [7, 11) is -2.90. The van der Waals surface area contributed by atoms with Crippen molar-refractivity contribution in [2.45, 2.75) is 69.6 Å². The second-order valence-electron chi connectivity index (χ2n) is 7.25. The van der Waals surface area contributed by atoms with Crippen LogP contribution in [0, 0.1) is 17.8 Å². The van der Waals surface area contributed by atoms with Crippen LogP contribution in [0.1, 0.15) is 58.8 Å². The molecule has 0 amide bonds. The Morgan fingerprint density at radius 3 is 2.37 bits per heavy atom. The van der Waals surface area contributed by atoms with Crippen LogP contribution in [0.5, 0.6) is 0 Å². The zero-order valence-electron chi connectivity index (χ0n) is 12.6. The third kappa shape index (κ3) is 3.33. The molecule has 0 aromatic heterocycles.